The lowest BCUT2D eigenvalue weighted by atomic mass is 9.62. The molecule has 3 rings (SSSR count). The minimum atomic E-state index is 0.00854. The first-order chi connectivity index (χ1) is 23.2. The molecule has 3 aliphatic carbocycles. The average molecular weight is 661 g/mol. The van der Waals surface area contributed by atoms with E-state index in [2.05, 4.69) is 91.0 Å². The fraction of sp³-hybridized carbons (Fsp3) is 0.761. The summed E-state index contributed by atoms with van der Waals surface area (Å²) in [5.74, 6) is 3.41. The van der Waals surface area contributed by atoms with E-state index in [0.29, 0.717) is 35.5 Å². The van der Waals surface area contributed by atoms with Gasteiger partial charge < -0.3 is 4.74 Å². The molecule has 48 heavy (non-hydrogen) atoms. The van der Waals surface area contributed by atoms with E-state index in [9.17, 15) is 4.79 Å². The lowest BCUT2D eigenvalue weighted by molar-refractivity contribution is -0.149. The highest BCUT2D eigenvalue weighted by molar-refractivity contribution is 5.69. The average Bonchev–Trinajstić information content (AvgIpc) is 3.43. The van der Waals surface area contributed by atoms with Gasteiger partial charge in [0.2, 0.25) is 0 Å². The Balaban J connectivity index is 1.34. The number of carbonyl (C=O) groups excluding carboxylic acids is 1. The summed E-state index contributed by atoms with van der Waals surface area (Å²) >= 11 is 0. The van der Waals surface area contributed by atoms with Crippen molar-refractivity contribution >= 4 is 5.97 Å². The number of carbonyl (C=O) groups is 1. The highest BCUT2D eigenvalue weighted by Gasteiger charge is 2.49. The van der Waals surface area contributed by atoms with Gasteiger partial charge in [-0.15, -0.1) is 0 Å². The molecular weight excluding hydrogens is 585 g/mol. The first-order valence-electron chi connectivity index (χ1n) is 20.7. The summed E-state index contributed by atoms with van der Waals surface area (Å²) in [7, 11) is 0. The van der Waals surface area contributed by atoms with Gasteiger partial charge in [-0.2, -0.15) is 0 Å². The van der Waals surface area contributed by atoms with Gasteiger partial charge in [0.25, 0.3) is 0 Å². The van der Waals surface area contributed by atoms with Crippen LogP contribution < -0.4 is 0 Å². The van der Waals surface area contributed by atoms with Gasteiger partial charge in [0.15, 0.2) is 0 Å². The number of fused-ring (bicyclic) bond motifs is 1. The van der Waals surface area contributed by atoms with Crippen LogP contribution in [0.1, 0.15) is 183 Å². The molecule has 2 nitrogen and oxygen atoms in total. The van der Waals surface area contributed by atoms with Crippen molar-refractivity contribution in [1.82, 2.24) is 0 Å². The van der Waals surface area contributed by atoms with Crippen LogP contribution in [-0.2, 0) is 9.53 Å². The number of ether oxygens (including phenoxy) is 1. The smallest absolute Gasteiger partial charge is 0.306 e. The molecule has 0 aromatic heterocycles. The SMILES string of the molecule is CCCCCCCC/C=C\CCCCCCCC(=O)O[C@H]1CCC(C)=C(/C=C/C2=CCC[C@]3(C)[C@@H]([C@H](C)/C=C/[C@H](C)C(C)C)CC[C@@H]23)C1. The molecule has 0 unspecified atom stereocenters. The van der Waals surface area contributed by atoms with Crippen molar-refractivity contribution in [3.05, 3.63) is 59.3 Å². The van der Waals surface area contributed by atoms with E-state index >= 15 is 0 Å². The van der Waals surface area contributed by atoms with Gasteiger partial charge in [-0.05, 0) is 124 Å². The van der Waals surface area contributed by atoms with E-state index in [1.165, 1.54) is 107 Å². The first-order valence-corrected chi connectivity index (χ1v) is 20.7. The van der Waals surface area contributed by atoms with Crippen LogP contribution >= 0.6 is 0 Å². The fourth-order valence-corrected chi connectivity index (χ4v) is 8.77. The van der Waals surface area contributed by atoms with E-state index in [1.807, 2.05) is 0 Å². The Morgan fingerprint density at radius 1 is 0.875 bits per heavy atom. The zero-order valence-electron chi connectivity index (χ0n) is 32.7. The Labute approximate surface area is 298 Å². The number of hydrogen-bond acceptors (Lipinski definition) is 2. The van der Waals surface area contributed by atoms with E-state index < -0.39 is 0 Å². The summed E-state index contributed by atoms with van der Waals surface area (Å²) < 4.78 is 6.02. The molecule has 0 bridgehead atoms. The van der Waals surface area contributed by atoms with Gasteiger partial charge in [-0.1, -0.05) is 141 Å². The summed E-state index contributed by atoms with van der Waals surface area (Å²) in [6.07, 6.45) is 42.3. The standard InChI is InChI=1S/C46H76O2/c1-8-9-10-11-12-13-14-15-16-17-18-19-20-21-22-25-45(47)48-42-31-28-38(5)41(35-42)30-29-40-24-23-34-46(7)43(32-33-44(40)46)39(6)27-26-37(4)36(2)3/h15-16,24,26-27,29-30,36-37,39,42-44H,8-14,17-23,25,28,31-35H2,1-7H3/b16-15-,27-26+,30-29+/t37-,39+,42-,43+,44-,46+/m0/s1. The predicted molar refractivity (Wildman–Crippen MR) is 209 cm³/mol. The minimum Gasteiger partial charge on any atom is -0.462 e. The quantitative estimate of drug-likeness (QED) is 0.0656. The monoisotopic (exact) mass is 661 g/mol. The molecule has 0 heterocycles. The van der Waals surface area contributed by atoms with E-state index in [1.54, 1.807) is 5.57 Å². The summed E-state index contributed by atoms with van der Waals surface area (Å²) in [6, 6.07) is 0. The second-order valence-electron chi connectivity index (χ2n) is 16.7. The number of hydrogen-bond donors (Lipinski definition) is 0. The molecule has 2 heteroatoms. The lowest BCUT2D eigenvalue weighted by Gasteiger charge is -2.42. The second kappa shape index (κ2) is 22.1. The summed E-state index contributed by atoms with van der Waals surface area (Å²) in [5, 5.41) is 0. The molecule has 0 N–H and O–H groups in total. The highest BCUT2D eigenvalue weighted by atomic mass is 16.5. The largest absolute Gasteiger partial charge is 0.462 e. The molecule has 1 saturated carbocycles. The van der Waals surface area contributed by atoms with Crippen LogP contribution in [0.15, 0.2) is 59.3 Å². The molecule has 0 aromatic carbocycles. The van der Waals surface area contributed by atoms with Gasteiger partial charge in [0.05, 0.1) is 0 Å². The molecule has 0 aliphatic heterocycles. The molecule has 0 saturated heterocycles. The van der Waals surface area contributed by atoms with Crippen LogP contribution in [0, 0.1) is 35.0 Å². The molecule has 0 aromatic rings. The van der Waals surface area contributed by atoms with Crippen molar-refractivity contribution in [2.75, 3.05) is 0 Å². The molecule has 0 amide bonds. The topological polar surface area (TPSA) is 26.3 Å². The van der Waals surface area contributed by atoms with Crippen molar-refractivity contribution in [3.63, 3.8) is 0 Å². The highest BCUT2D eigenvalue weighted by Crippen LogP contribution is 2.58. The maximum absolute atomic E-state index is 12.7. The van der Waals surface area contributed by atoms with Gasteiger partial charge in [0.1, 0.15) is 6.10 Å². The van der Waals surface area contributed by atoms with Crippen molar-refractivity contribution < 1.29 is 9.53 Å². The molecule has 0 spiro atoms. The molecule has 0 radical (unpaired) electrons. The molecule has 3 aliphatic rings. The molecule has 1 fully saturated rings. The summed E-state index contributed by atoms with van der Waals surface area (Å²) in [4.78, 5) is 12.7. The van der Waals surface area contributed by atoms with Crippen LogP contribution in [0.3, 0.4) is 0 Å². The Hall–Kier alpha value is -1.83. The van der Waals surface area contributed by atoms with Crippen LogP contribution in [0.4, 0.5) is 0 Å². The Morgan fingerprint density at radius 3 is 2.23 bits per heavy atom. The second-order valence-corrected chi connectivity index (χ2v) is 16.7. The third-order valence-corrected chi connectivity index (χ3v) is 12.5. The van der Waals surface area contributed by atoms with Crippen molar-refractivity contribution in [2.45, 2.75) is 189 Å². The maximum Gasteiger partial charge on any atom is 0.306 e. The maximum atomic E-state index is 12.7. The number of esters is 1. The van der Waals surface area contributed by atoms with Gasteiger partial charge >= 0.3 is 5.97 Å². The Bertz CT molecular complexity index is 1090. The third kappa shape index (κ3) is 13.5. The van der Waals surface area contributed by atoms with Gasteiger partial charge in [-0.25, -0.2) is 0 Å². The molecule has 6 atom stereocenters. The number of rotatable bonds is 22. The van der Waals surface area contributed by atoms with E-state index in [-0.39, 0.29) is 12.1 Å². The molecule has 272 valence electrons. The molecular formula is C46H76O2. The fourth-order valence-electron chi connectivity index (χ4n) is 8.77. The Morgan fingerprint density at radius 2 is 1.54 bits per heavy atom. The lowest BCUT2D eigenvalue weighted by Crippen LogP contribution is -2.34. The zero-order valence-corrected chi connectivity index (χ0v) is 32.7. The van der Waals surface area contributed by atoms with E-state index in [4.69, 9.17) is 4.74 Å². The zero-order chi connectivity index (χ0) is 34.8. The number of allylic oxidation sites excluding steroid dienone is 9. The van der Waals surface area contributed by atoms with Crippen LogP contribution in [0.2, 0.25) is 0 Å². The minimum absolute atomic E-state index is 0.00854. The number of unbranched alkanes of at least 4 members (excludes halogenated alkanes) is 11. The van der Waals surface area contributed by atoms with E-state index in [0.717, 1.165) is 38.0 Å². The summed E-state index contributed by atoms with van der Waals surface area (Å²) in [5.41, 5.74) is 4.80. The normalized spacial score (nSPS) is 26.2. The van der Waals surface area contributed by atoms with Gasteiger partial charge in [-0.3, -0.25) is 4.79 Å². The van der Waals surface area contributed by atoms with Crippen molar-refractivity contribution in [1.29, 1.82) is 0 Å². The van der Waals surface area contributed by atoms with Crippen molar-refractivity contribution in [2.24, 2.45) is 35.0 Å². The van der Waals surface area contributed by atoms with Gasteiger partial charge in [0, 0.05) is 12.8 Å². The van der Waals surface area contributed by atoms with Crippen LogP contribution in [0.5, 0.6) is 0 Å². The summed E-state index contributed by atoms with van der Waals surface area (Å²) in [6.45, 7) is 16.6. The predicted octanol–water partition coefficient (Wildman–Crippen LogP) is 14.2. The third-order valence-electron chi connectivity index (χ3n) is 12.5. The van der Waals surface area contributed by atoms with Crippen molar-refractivity contribution in [3.8, 4) is 0 Å². The Kier molecular flexibility index (Phi) is 18.7. The van der Waals surface area contributed by atoms with Crippen LogP contribution in [-0.4, -0.2) is 12.1 Å². The van der Waals surface area contributed by atoms with Crippen LogP contribution in [0.25, 0.3) is 0 Å². The first kappa shape index (κ1) is 40.6.